The average molecular weight is 366 g/mol. The quantitative estimate of drug-likeness (QED) is 0.527. The third-order valence-electron chi connectivity index (χ3n) is 3.38. The van der Waals surface area contributed by atoms with Gasteiger partial charge in [0.15, 0.2) is 0 Å². The van der Waals surface area contributed by atoms with Gasteiger partial charge in [0, 0.05) is 30.2 Å². The van der Waals surface area contributed by atoms with Crippen LogP contribution >= 0.6 is 11.8 Å². The zero-order chi connectivity index (χ0) is 18.4. The van der Waals surface area contributed by atoms with E-state index in [0.29, 0.717) is 11.3 Å². The molecule has 0 saturated heterocycles. The fourth-order valence-corrected chi connectivity index (χ4v) is 2.96. The van der Waals surface area contributed by atoms with Gasteiger partial charge in [0.1, 0.15) is 10.1 Å². The Morgan fingerprint density at radius 2 is 1.81 bits per heavy atom. The lowest BCUT2D eigenvalue weighted by Crippen LogP contribution is -2.14. The van der Waals surface area contributed by atoms with Gasteiger partial charge in [0.2, 0.25) is 5.91 Å². The molecule has 0 unspecified atom stereocenters. The molecule has 3 aromatic rings. The number of nitrogens with zero attached hydrogens (tertiary/aromatic N) is 3. The zero-order valence-corrected chi connectivity index (χ0v) is 14.3. The summed E-state index contributed by atoms with van der Waals surface area (Å²) < 4.78 is 0. The van der Waals surface area contributed by atoms with Crippen molar-refractivity contribution < 1.29 is 9.72 Å². The third kappa shape index (κ3) is 4.87. The number of nitro groups is 1. The van der Waals surface area contributed by atoms with E-state index in [1.807, 2.05) is 18.2 Å². The Labute approximate surface area is 153 Å². The molecule has 0 bridgehead atoms. The van der Waals surface area contributed by atoms with E-state index in [9.17, 15) is 14.9 Å². The topological polar surface area (TPSA) is 98.0 Å². The first-order chi connectivity index (χ1) is 12.6. The number of nitrogens with one attached hydrogen (secondary N) is 1. The summed E-state index contributed by atoms with van der Waals surface area (Å²) in [4.78, 5) is 30.9. The largest absolute Gasteiger partial charge is 0.326 e. The molecule has 1 amide bonds. The summed E-state index contributed by atoms with van der Waals surface area (Å²) in [6, 6.07) is 15.0. The molecule has 7 nitrogen and oxygen atoms in total. The molecule has 2 heterocycles. The van der Waals surface area contributed by atoms with Crippen LogP contribution in [-0.2, 0) is 11.2 Å². The van der Waals surface area contributed by atoms with Crippen LogP contribution in [0.2, 0.25) is 0 Å². The molecule has 2 aromatic heterocycles. The monoisotopic (exact) mass is 366 g/mol. The van der Waals surface area contributed by atoms with Gasteiger partial charge in [-0.2, -0.15) is 0 Å². The van der Waals surface area contributed by atoms with E-state index in [0.717, 1.165) is 10.1 Å². The number of benzene rings is 1. The van der Waals surface area contributed by atoms with Gasteiger partial charge >= 0.3 is 0 Å². The molecule has 0 fully saturated rings. The van der Waals surface area contributed by atoms with Crippen LogP contribution < -0.4 is 5.32 Å². The highest BCUT2D eigenvalue weighted by molar-refractivity contribution is 7.99. The predicted octanol–water partition coefficient (Wildman–Crippen LogP) is 3.72. The van der Waals surface area contributed by atoms with Crippen LogP contribution in [0.4, 0.5) is 11.4 Å². The van der Waals surface area contributed by atoms with Gasteiger partial charge in [0.05, 0.1) is 11.3 Å². The Morgan fingerprint density at radius 3 is 2.50 bits per heavy atom. The summed E-state index contributed by atoms with van der Waals surface area (Å²) in [6.45, 7) is 0. The van der Waals surface area contributed by atoms with E-state index >= 15 is 0 Å². The molecule has 1 N–H and O–H groups in total. The lowest BCUT2D eigenvalue weighted by atomic mass is 10.1. The Hall–Kier alpha value is -3.26. The van der Waals surface area contributed by atoms with Crippen molar-refractivity contribution in [1.82, 2.24) is 9.97 Å². The Balaban J connectivity index is 1.62. The number of aromatic nitrogens is 2. The molecular weight excluding hydrogens is 352 g/mol. The lowest BCUT2D eigenvalue weighted by molar-refractivity contribution is -0.384. The van der Waals surface area contributed by atoms with Crippen molar-refractivity contribution >= 4 is 29.0 Å². The molecule has 3 rings (SSSR count). The van der Waals surface area contributed by atoms with Gasteiger partial charge in [-0.25, -0.2) is 9.97 Å². The fraction of sp³-hybridized carbons (Fsp3) is 0.0556. The van der Waals surface area contributed by atoms with E-state index in [-0.39, 0.29) is 18.0 Å². The van der Waals surface area contributed by atoms with Crippen LogP contribution in [0.25, 0.3) is 0 Å². The lowest BCUT2D eigenvalue weighted by Gasteiger charge is -2.07. The second-order valence-electron chi connectivity index (χ2n) is 5.30. The van der Waals surface area contributed by atoms with Crippen LogP contribution in [-0.4, -0.2) is 20.8 Å². The van der Waals surface area contributed by atoms with Crippen molar-refractivity contribution in [3.05, 3.63) is 82.7 Å². The second kappa shape index (κ2) is 8.21. The first kappa shape index (κ1) is 17.6. The number of nitro benzene ring substituents is 1. The SMILES string of the molecule is O=C(Cc1ccc([N+](=O)[O-])cc1)Nc1ccnc(Sc2ccccn2)c1. The number of amides is 1. The Kier molecular flexibility index (Phi) is 5.55. The van der Waals surface area contributed by atoms with Gasteiger partial charge in [-0.1, -0.05) is 30.0 Å². The number of carbonyl (C=O) groups is 1. The Bertz CT molecular complexity index is 917. The van der Waals surface area contributed by atoms with Gasteiger partial charge in [-0.15, -0.1) is 0 Å². The summed E-state index contributed by atoms with van der Waals surface area (Å²) in [5, 5.41) is 15.0. The summed E-state index contributed by atoms with van der Waals surface area (Å²) in [5.41, 5.74) is 1.33. The van der Waals surface area contributed by atoms with Crippen LogP contribution in [0.5, 0.6) is 0 Å². The maximum absolute atomic E-state index is 12.2. The van der Waals surface area contributed by atoms with Crippen molar-refractivity contribution in [2.24, 2.45) is 0 Å². The maximum Gasteiger partial charge on any atom is 0.269 e. The number of carbonyl (C=O) groups excluding carboxylic acids is 1. The van der Waals surface area contributed by atoms with E-state index in [1.165, 1.54) is 23.9 Å². The van der Waals surface area contributed by atoms with Crippen LogP contribution in [0.3, 0.4) is 0 Å². The van der Waals surface area contributed by atoms with Crippen molar-refractivity contribution in [3.8, 4) is 0 Å². The van der Waals surface area contributed by atoms with Crippen LogP contribution in [0.15, 0.2) is 77.0 Å². The van der Waals surface area contributed by atoms with Gasteiger partial charge in [-0.3, -0.25) is 14.9 Å². The predicted molar refractivity (Wildman–Crippen MR) is 98.0 cm³/mol. The van der Waals surface area contributed by atoms with Crippen LogP contribution in [0, 0.1) is 10.1 Å². The number of non-ortho nitro benzene ring substituents is 1. The fourth-order valence-electron chi connectivity index (χ4n) is 2.18. The van der Waals surface area contributed by atoms with Crippen molar-refractivity contribution in [2.45, 2.75) is 16.5 Å². The van der Waals surface area contributed by atoms with E-state index in [1.54, 1.807) is 36.7 Å². The number of pyridine rings is 2. The first-order valence-electron chi connectivity index (χ1n) is 7.68. The molecule has 26 heavy (non-hydrogen) atoms. The summed E-state index contributed by atoms with van der Waals surface area (Å²) in [7, 11) is 0. The molecular formula is C18H14N4O3S. The van der Waals surface area contributed by atoms with Gasteiger partial charge < -0.3 is 5.32 Å². The zero-order valence-electron chi connectivity index (χ0n) is 13.5. The number of rotatable bonds is 6. The molecule has 0 radical (unpaired) electrons. The van der Waals surface area contributed by atoms with Crippen LogP contribution in [0.1, 0.15) is 5.56 Å². The average Bonchev–Trinajstić information content (AvgIpc) is 2.63. The van der Waals surface area contributed by atoms with E-state index in [4.69, 9.17) is 0 Å². The van der Waals surface area contributed by atoms with Crippen molar-refractivity contribution in [2.75, 3.05) is 5.32 Å². The molecule has 0 atom stereocenters. The highest BCUT2D eigenvalue weighted by Gasteiger charge is 2.09. The number of hydrogen-bond donors (Lipinski definition) is 1. The number of hydrogen-bond acceptors (Lipinski definition) is 6. The molecule has 0 aliphatic heterocycles. The molecule has 0 aliphatic rings. The molecule has 130 valence electrons. The summed E-state index contributed by atoms with van der Waals surface area (Å²) in [6.07, 6.45) is 3.45. The number of anilines is 1. The normalized spacial score (nSPS) is 10.3. The second-order valence-corrected chi connectivity index (χ2v) is 6.34. The van der Waals surface area contributed by atoms with Gasteiger partial charge in [-0.05, 0) is 29.8 Å². The maximum atomic E-state index is 12.2. The molecule has 0 aliphatic carbocycles. The molecule has 0 saturated carbocycles. The highest BCUT2D eigenvalue weighted by atomic mass is 32.2. The smallest absolute Gasteiger partial charge is 0.269 e. The highest BCUT2D eigenvalue weighted by Crippen LogP contribution is 2.25. The summed E-state index contributed by atoms with van der Waals surface area (Å²) >= 11 is 1.40. The standard InChI is InChI=1S/C18H14N4O3S/c23-16(11-13-4-6-15(7-5-13)22(24)25)21-14-8-10-20-18(12-14)26-17-3-1-2-9-19-17/h1-10,12H,11H2,(H,20,21,23). The first-order valence-corrected chi connectivity index (χ1v) is 8.50. The minimum atomic E-state index is -0.471. The third-order valence-corrected chi connectivity index (χ3v) is 4.26. The minimum absolute atomic E-state index is 0.000482. The van der Waals surface area contributed by atoms with Gasteiger partial charge in [0.25, 0.3) is 5.69 Å². The van der Waals surface area contributed by atoms with Crippen molar-refractivity contribution in [1.29, 1.82) is 0 Å². The Morgan fingerprint density at radius 1 is 1.04 bits per heavy atom. The van der Waals surface area contributed by atoms with E-state index in [2.05, 4.69) is 15.3 Å². The molecule has 8 heteroatoms. The van der Waals surface area contributed by atoms with E-state index < -0.39 is 4.92 Å². The summed E-state index contributed by atoms with van der Waals surface area (Å²) in [5.74, 6) is -0.209. The van der Waals surface area contributed by atoms with Crippen molar-refractivity contribution in [3.63, 3.8) is 0 Å². The molecule has 0 spiro atoms. The minimum Gasteiger partial charge on any atom is -0.326 e. The molecule has 1 aromatic carbocycles.